The van der Waals surface area contributed by atoms with Crippen LogP contribution in [0.1, 0.15) is 45.2 Å². The predicted octanol–water partition coefficient (Wildman–Crippen LogP) is 3.22. The van der Waals surface area contributed by atoms with Crippen LogP contribution in [0.25, 0.3) is 0 Å². The molecule has 0 radical (unpaired) electrons. The number of hydrogen-bond donors (Lipinski definition) is 1. The van der Waals surface area contributed by atoms with Crippen LogP contribution in [0.2, 0.25) is 0 Å². The molecular formula is C17H23NO5. The van der Waals surface area contributed by atoms with Crippen molar-refractivity contribution in [2.24, 2.45) is 0 Å². The van der Waals surface area contributed by atoms with Gasteiger partial charge >= 0.3 is 12.1 Å². The molecule has 23 heavy (non-hydrogen) atoms. The third-order valence-corrected chi connectivity index (χ3v) is 3.78. The first kappa shape index (κ1) is 17.1. The first-order chi connectivity index (χ1) is 10.7. The molecule has 1 aromatic carbocycles. The molecule has 126 valence electrons. The second-order valence-corrected chi connectivity index (χ2v) is 6.61. The Hall–Kier alpha value is -2.24. The molecule has 6 nitrogen and oxygen atoms in total. The van der Waals surface area contributed by atoms with Gasteiger partial charge in [0.15, 0.2) is 0 Å². The van der Waals surface area contributed by atoms with Gasteiger partial charge in [-0.2, -0.15) is 0 Å². The quantitative estimate of drug-likeness (QED) is 0.925. The SMILES string of the molecule is COc1ccc(C2CCC(C(=O)O)N2C(=O)OC(C)(C)C)cc1. The molecule has 1 aliphatic heterocycles. The molecule has 2 unspecified atom stereocenters. The number of hydrogen-bond acceptors (Lipinski definition) is 4. The number of aliphatic carboxylic acids is 1. The maximum atomic E-state index is 12.5. The van der Waals surface area contributed by atoms with Gasteiger partial charge in [-0.1, -0.05) is 12.1 Å². The predicted molar refractivity (Wildman–Crippen MR) is 84.5 cm³/mol. The van der Waals surface area contributed by atoms with Gasteiger partial charge in [-0.25, -0.2) is 9.59 Å². The largest absolute Gasteiger partial charge is 0.497 e. The number of carbonyl (C=O) groups is 2. The summed E-state index contributed by atoms with van der Waals surface area (Å²) in [6, 6.07) is 6.14. The van der Waals surface area contributed by atoms with Crippen LogP contribution in [0.15, 0.2) is 24.3 Å². The molecule has 0 aromatic heterocycles. The molecule has 1 amide bonds. The lowest BCUT2D eigenvalue weighted by atomic mass is 10.0. The Labute approximate surface area is 136 Å². The lowest BCUT2D eigenvalue weighted by Crippen LogP contribution is -2.44. The van der Waals surface area contributed by atoms with E-state index in [0.717, 1.165) is 5.56 Å². The summed E-state index contributed by atoms with van der Waals surface area (Å²) < 4.78 is 10.5. The van der Waals surface area contributed by atoms with E-state index < -0.39 is 23.7 Å². The summed E-state index contributed by atoms with van der Waals surface area (Å²) in [4.78, 5) is 25.3. The molecule has 6 heteroatoms. The molecular weight excluding hydrogens is 298 g/mol. The molecule has 0 aliphatic carbocycles. The number of methoxy groups -OCH3 is 1. The highest BCUT2D eigenvalue weighted by atomic mass is 16.6. The Morgan fingerprint density at radius 1 is 1.17 bits per heavy atom. The molecule has 0 bridgehead atoms. The number of carbonyl (C=O) groups excluding carboxylic acids is 1. The minimum absolute atomic E-state index is 0.308. The maximum Gasteiger partial charge on any atom is 0.411 e. The van der Waals surface area contributed by atoms with E-state index in [2.05, 4.69) is 0 Å². The van der Waals surface area contributed by atoms with Crippen molar-refractivity contribution in [3.05, 3.63) is 29.8 Å². The van der Waals surface area contributed by atoms with Crippen molar-refractivity contribution < 1.29 is 24.2 Å². The van der Waals surface area contributed by atoms with E-state index in [-0.39, 0.29) is 6.04 Å². The van der Waals surface area contributed by atoms with Gasteiger partial charge in [0, 0.05) is 0 Å². The number of amides is 1. The molecule has 1 saturated heterocycles. The lowest BCUT2D eigenvalue weighted by molar-refractivity contribution is -0.142. The minimum Gasteiger partial charge on any atom is -0.497 e. The van der Waals surface area contributed by atoms with Crippen LogP contribution >= 0.6 is 0 Å². The monoisotopic (exact) mass is 321 g/mol. The number of nitrogens with zero attached hydrogens (tertiary/aromatic N) is 1. The zero-order valence-corrected chi connectivity index (χ0v) is 13.9. The van der Waals surface area contributed by atoms with Crippen LogP contribution < -0.4 is 4.74 Å². The van der Waals surface area contributed by atoms with Gasteiger partial charge in [-0.05, 0) is 51.3 Å². The van der Waals surface area contributed by atoms with Gasteiger partial charge in [-0.15, -0.1) is 0 Å². The molecule has 1 fully saturated rings. The Kier molecular flexibility index (Phi) is 4.82. The van der Waals surface area contributed by atoms with Crippen LogP contribution in [-0.4, -0.2) is 40.8 Å². The molecule has 1 aliphatic rings. The molecule has 1 N–H and O–H groups in total. The fraction of sp³-hybridized carbons (Fsp3) is 0.529. The summed E-state index contributed by atoms with van der Waals surface area (Å²) in [5, 5.41) is 9.41. The third-order valence-electron chi connectivity index (χ3n) is 3.78. The molecule has 1 aromatic rings. The number of likely N-dealkylation sites (tertiary alicyclic amines) is 1. The molecule has 2 atom stereocenters. The highest BCUT2D eigenvalue weighted by molar-refractivity contribution is 5.81. The van der Waals surface area contributed by atoms with Gasteiger partial charge in [0.05, 0.1) is 13.2 Å². The highest BCUT2D eigenvalue weighted by Gasteiger charge is 2.43. The van der Waals surface area contributed by atoms with Gasteiger partial charge in [0.25, 0.3) is 0 Å². The first-order valence-electron chi connectivity index (χ1n) is 7.61. The van der Waals surface area contributed by atoms with E-state index in [1.807, 2.05) is 12.1 Å². The maximum absolute atomic E-state index is 12.5. The number of carboxylic acids is 1. The number of rotatable bonds is 3. The van der Waals surface area contributed by atoms with Crippen LogP contribution in [0.4, 0.5) is 4.79 Å². The van der Waals surface area contributed by atoms with Gasteiger partial charge in [0.1, 0.15) is 17.4 Å². The van der Waals surface area contributed by atoms with Crippen molar-refractivity contribution in [1.29, 1.82) is 0 Å². The first-order valence-corrected chi connectivity index (χ1v) is 7.61. The summed E-state index contributed by atoms with van der Waals surface area (Å²) in [5.41, 5.74) is 0.202. The Balaban J connectivity index is 2.29. The molecule has 1 heterocycles. The molecule has 2 rings (SSSR count). The summed E-state index contributed by atoms with van der Waals surface area (Å²) in [7, 11) is 1.58. The van der Waals surface area contributed by atoms with E-state index in [4.69, 9.17) is 9.47 Å². The Morgan fingerprint density at radius 2 is 1.78 bits per heavy atom. The second-order valence-electron chi connectivity index (χ2n) is 6.61. The molecule has 0 saturated carbocycles. The van der Waals surface area contributed by atoms with Crippen LogP contribution in [0.5, 0.6) is 5.75 Å². The topological polar surface area (TPSA) is 76.1 Å². The highest BCUT2D eigenvalue weighted by Crippen LogP contribution is 2.37. The van der Waals surface area contributed by atoms with Crippen molar-refractivity contribution in [2.45, 2.75) is 51.3 Å². The van der Waals surface area contributed by atoms with E-state index >= 15 is 0 Å². The van der Waals surface area contributed by atoms with E-state index in [1.54, 1.807) is 40.0 Å². The third kappa shape index (κ3) is 3.94. The van der Waals surface area contributed by atoms with Crippen molar-refractivity contribution >= 4 is 12.1 Å². The summed E-state index contributed by atoms with van der Waals surface area (Å²) >= 11 is 0. The second kappa shape index (κ2) is 6.48. The van der Waals surface area contributed by atoms with Crippen molar-refractivity contribution in [3.63, 3.8) is 0 Å². The summed E-state index contributed by atoms with van der Waals surface area (Å²) in [6.07, 6.45) is 0.400. The van der Waals surface area contributed by atoms with Crippen LogP contribution in [-0.2, 0) is 9.53 Å². The van der Waals surface area contributed by atoms with Gasteiger partial charge in [0.2, 0.25) is 0 Å². The fourth-order valence-corrected chi connectivity index (χ4v) is 2.78. The van der Waals surface area contributed by atoms with E-state index in [0.29, 0.717) is 18.6 Å². The molecule has 0 spiro atoms. The summed E-state index contributed by atoms with van der Waals surface area (Å²) in [5.74, 6) is -0.294. The zero-order valence-electron chi connectivity index (χ0n) is 13.9. The minimum atomic E-state index is -1.01. The van der Waals surface area contributed by atoms with Crippen molar-refractivity contribution in [2.75, 3.05) is 7.11 Å². The normalized spacial score (nSPS) is 21.1. The van der Waals surface area contributed by atoms with Gasteiger partial charge < -0.3 is 14.6 Å². The number of ether oxygens (including phenoxy) is 2. The van der Waals surface area contributed by atoms with Crippen molar-refractivity contribution in [3.8, 4) is 5.75 Å². The lowest BCUT2D eigenvalue weighted by Gasteiger charge is -2.31. The van der Waals surface area contributed by atoms with E-state index in [9.17, 15) is 14.7 Å². The standard InChI is InChI=1S/C17H23NO5/c1-17(2,3)23-16(21)18-13(9-10-14(18)15(19)20)11-5-7-12(22-4)8-6-11/h5-8,13-14H,9-10H2,1-4H3,(H,19,20). The van der Waals surface area contributed by atoms with Crippen LogP contribution in [0, 0.1) is 0 Å². The fourth-order valence-electron chi connectivity index (χ4n) is 2.78. The van der Waals surface area contributed by atoms with E-state index in [1.165, 1.54) is 4.90 Å². The van der Waals surface area contributed by atoms with Crippen LogP contribution in [0.3, 0.4) is 0 Å². The zero-order chi connectivity index (χ0) is 17.2. The van der Waals surface area contributed by atoms with Crippen molar-refractivity contribution in [1.82, 2.24) is 4.90 Å². The Bertz CT molecular complexity index is 576. The number of benzene rings is 1. The smallest absolute Gasteiger partial charge is 0.411 e. The number of carboxylic acid groups (broad SMARTS) is 1. The average molecular weight is 321 g/mol. The average Bonchev–Trinajstić information content (AvgIpc) is 2.90. The summed E-state index contributed by atoms with van der Waals surface area (Å²) in [6.45, 7) is 5.29. The van der Waals surface area contributed by atoms with Gasteiger partial charge in [-0.3, -0.25) is 4.90 Å². The Morgan fingerprint density at radius 3 is 2.26 bits per heavy atom.